The normalized spacial score (nSPS) is 17.4. The molecule has 5 nitrogen and oxygen atoms in total. The van der Waals surface area contributed by atoms with Crippen molar-refractivity contribution in [3.8, 4) is 11.5 Å². The molecule has 0 aromatic heterocycles. The Labute approximate surface area is 208 Å². The fourth-order valence-corrected chi connectivity index (χ4v) is 6.01. The fraction of sp³-hybridized carbons (Fsp3) is 0.345. The van der Waals surface area contributed by atoms with Gasteiger partial charge in [0.25, 0.3) is 0 Å². The van der Waals surface area contributed by atoms with Crippen molar-refractivity contribution in [2.45, 2.75) is 64.1 Å². The molecule has 35 heavy (non-hydrogen) atoms. The van der Waals surface area contributed by atoms with E-state index in [0.29, 0.717) is 13.0 Å². The lowest BCUT2D eigenvalue weighted by atomic mass is 9.85. The Kier molecular flexibility index (Phi) is 7.04. The molecule has 0 N–H and O–H groups in total. The molecule has 0 amide bonds. The molecule has 0 saturated heterocycles. The average Bonchev–Trinajstić information content (AvgIpc) is 2.83. The van der Waals surface area contributed by atoms with Gasteiger partial charge in [0.1, 0.15) is 29.5 Å². The number of ether oxygens (including phenoxy) is 2. The van der Waals surface area contributed by atoms with Crippen molar-refractivity contribution in [3.05, 3.63) is 88.5 Å². The summed E-state index contributed by atoms with van der Waals surface area (Å²) in [4.78, 5) is 13.0. The van der Waals surface area contributed by atoms with Crippen LogP contribution >= 0.6 is 0 Å². The maximum Gasteiger partial charge on any atom is 0.185 e. The van der Waals surface area contributed by atoms with Gasteiger partial charge in [0, 0.05) is 12.0 Å². The highest BCUT2D eigenvalue weighted by Crippen LogP contribution is 2.44. The Morgan fingerprint density at radius 1 is 0.943 bits per heavy atom. The van der Waals surface area contributed by atoms with Crippen LogP contribution in [0.15, 0.2) is 65.6 Å². The van der Waals surface area contributed by atoms with Crippen molar-refractivity contribution in [1.82, 2.24) is 0 Å². The van der Waals surface area contributed by atoms with E-state index in [9.17, 15) is 13.2 Å². The molecule has 1 heterocycles. The predicted molar refractivity (Wildman–Crippen MR) is 137 cm³/mol. The minimum Gasteiger partial charge on any atom is -0.488 e. The maximum atomic E-state index is 12.8. The molecule has 1 aliphatic heterocycles. The van der Waals surface area contributed by atoms with Crippen LogP contribution < -0.4 is 9.47 Å². The van der Waals surface area contributed by atoms with Crippen molar-refractivity contribution < 1.29 is 22.7 Å². The molecule has 0 bridgehead atoms. The number of Topliss-reactive ketones (excluding diaryl/α,β-unsaturated/α-hetero) is 1. The summed E-state index contributed by atoms with van der Waals surface area (Å²) in [6, 6.07) is 18.2. The number of hydrogen-bond donors (Lipinski definition) is 0. The molecular weight excluding hydrogens is 460 g/mol. The van der Waals surface area contributed by atoms with E-state index in [4.69, 9.17) is 9.47 Å². The van der Waals surface area contributed by atoms with E-state index < -0.39 is 21.2 Å². The Hall–Kier alpha value is -3.12. The minimum atomic E-state index is -3.68. The van der Waals surface area contributed by atoms with Crippen LogP contribution in [0.1, 0.15) is 47.6 Å². The van der Waals surface area contributed by atoms with Crippen LogP contribution in [-0.4, -0.2) is 25.6 Å². The van der Waals surface area contributed by atoms with Crippen LogP contribution in [-0.2, 0) is 27.7 Å². The molecular formula is C29H32O5S. The minimum absolute atomic E-state index is 0.0439. The zero-order valence-corrected chi connectivity index (χ0v) is 21.6. The van der Waals surface area contributed by atoms with Crippen LogP contribution in [0.25, 0.3) is 0 Å². The number of hydrogen-bond acceptors (Lipinski definition) is 5. The second kappa shape index (κ2) is 9.86. The first-order valence-electron chi connectivity index (χ1n) is 11.9. The quantitative estimate of drug-likeness (QED) is 0.403. The Morgan fingerprint density at radius 2 is 1.57 bits per heavy atom. The smallest absolute Gasteiger partial charge is 0.185 e. The standard InChI is InChI=1S/C29H32O5S/c1-20-21(2)28-26(22(3)27(20)33-18-23-11-7-5-8-12-23)15-16-29(4,34-28)17-24(30)19-35(31,32)25-13-9-6-10-14-25/h5-14H,15-19H2,1-4H3. The number of fused-ring (bicyclic) bond motifs is 1. The number of carbonyl (C=O) groups excluding carboxylic acids is 1. The number of benzene rings is 3. The first-order chi connectivity index (χ1) is 16.6. The number of sulfone groups is 1. The molecule has 3 aromatic carbocycles. The zero-order valence-electron chi connectivity index (χ0n) is 20.8. The lowest BCUT2D eigenvalue weighted by Crippen LogP contribution is -2.40. The van der Waals surface area contributed by atoms with E-state index in [2.05, 4.69) is 6.92 Å². The molecule has 4 rings (SSSR count). The van der Waals surface area contributed by atoms with Crippen molar-refractivity contribution >= 4 is 15.6 Å². The highest BCUT2D eigenvalue weighted by Gasteiger charge is 2.37. The van der Waals surface area contributed by atoms with Crippen LogP contribution in [0, 0.1) is 20.8 Å². The second-order valence-corrected chi connectivity index (χ2v) is 11.6. The first kappa shape index (κ1) is 25.0. The summed E-state index contributed by atoms with van der Waals surface area (Å²) in [5.74, 6) is 0.808. The number of rotatable bonds is 8. The summed E-state index contributed by atoms with van der Waals surface area (Å²) in [5, 5.41) is 0. The Morgan fingerprint density at radius 3 is 2.23 bits per heavy atom. The summed E-state index contributed by atoms with van der Waals surface area (Å²) >= 11 is 0. The van der Waals surface area contributed by atoms with Crippen molar-refractivity contribution in [1.29, 1.82) is 0 Å². The van der Waals surface area contributed by atoms with Gasteiger partial charge in [-0.05, 0) is 74.9 Å². The van der Waals surface area contributed by atoms with Crippen molar-refractivity contribution in [2.24, 2.45) is 0 Å². The van der Waals surface area contributed by atoms with Crippen LogP contribution in [0.3, 0.4) is 0 Å². The number of ketones is 1. The van der Waals surface area contributed by atoms with E-state index >= 15 is 0 Å². The van der Waals surface area contributed by atoms with Crippen molar-refractivity contribution in [3.63, 3.8) is 0 Å². The molecule has 0 radical (unpaired) electrons. The summed E-state index contributed by atoms with van der Waals surface area (Å²) in [6.45, 7) is 8.47. The predicted octanol–water partition coefficient (Wildman–Crippen LogP) is 5.71. The lowest BCUT2D eigenvalue weighted by molar-refractivity contribution is -0.120. The molecule has 0 saturated carbocycles. The van der Waals surface area contributed by atoms with Gasteiger partial charge in [0.2, 0.25) is 0 Å². The van der Waals surface area contributed by atoms with Crippen LogP contribution in [0.5, 0.6) is 11.5 Å². The molecule has 0 aliphatic carbocycles. The molecule has 3 aromatic rings. The topological polar surface area (TPSA) is 69.7 Å². The molecule has 6 heteroatoms. The highest BCUT2D eigenvalue weighted by atomic mass is 32.2. The van der Waals surface area contributed by atoms with Crippen LogP contribution in [0.4, 0.5) is 0 Å². The van der Waals surface area contributed by atoms with E-state index in [1.54, 1.807) is 18.2 Å². The summed E-state index contributed by atoms with van der Waals surface area (Å²) < 4.78 is 38.0. The average molecular weight is 493 g/mol. The summed E-state index contributed by atoms with van der Waals surface area (Å²) in [5.41, 5.74) is 4.50. The Bertz CT molecular complexity index is 1330. The Balaban J connectivity index is 1.51. The summed E-state index contributed by atoms with van der Waals surface area (Å²) in [6.07, 6.45) is 1.40. The van der Waals surface area contributed by atoms with Gasteiger partial charge in [-0.15, -0.1) is 0 Å². The molecule has 1 unspecified atom stereocenters. The van der Waals surface area contributed by atoms with Gasteiger partial charge < -0.3 is 9.47 Å². The van der Waals surface area contributed by atoms with E-state index in [1.807, 2.05) is 51.1 Å². The molecule has 1 atom stereocenters. The van der Waals surface area contributed by atoms with Gasteiger partial charge in [0.05, 0.1) is 4.90 Å². The van der Waals surface area contributed by atoms with Crippen LogP contribution in [0.2, 0.25) is 0 Å². The summed E-state index contributed by atoms with van der Waals surface area (Å²) in [7, 11) is -3.68. The molecule has 0 spiro atoms. The van der Waals surface area contributed by atoms with Gasteiger partial charge in [0.15, 0.2) is 15.6 Å². The number of carbonyl (C=O) groups is 1. The fourth-order valence-electron chi connectivity index (χ4n) is 4.74. The largest absolute Gasteiger partial charge is 0.488 e. The lowest BCUT2D eigenvalue weighted by Gasteiger charge is -2.38. The van der Waals surface area contributed by atoms with Gasteiger partial charge in [-0.2, -0.15) is 0 Å². The third-order valence-electron chi connectivity index (χ3n) is 6.81. The van der Waals surface area contributed by atoms with Gasteiger partial charge in [-0.1, -0.05) is 48.5 Å². The molecule has 1 aliphatic rings. The van der Waals surface area contributed by atoms with Gasteiger partial charge in [-0.25, -0.2) is 8.42 Å². The molecule has 0 fully saturated rings. The molecule has 184 valence electrons. The maximum absolute atomic E-state index is 12.8. The van der Waals surface area contributed by atoms with E-state index in [-0.39, 0.29) is 17.1 Å². The van der Waals surface area contributed by atoms with Crippen molar-refractivity contribution in [2.75, 3.05) is 5.75 Å². The van der Waals surface area contributed by atoms with E-state index in [1.165, 1.54) is 12.1 Å². The third-order valence-corrected chi connectivity index (χ3v) is 8.51. The van der Waals surface area contributed by atoms with Gasteiger partial charge in [-0.3, -0.25) is 4.79 Å². The van der Waals surface area contributed by atoms with Gasteiger partial charge >= 0.3 is 0 Å². The van der Waals surface area contributed by atoms with E-state index in [0.717, 1.165) is 45.7 Å². The highest BCUT2D eigenvalue weighted by molar-refractivity contribution is 7.92. The second-order valence-electron chi connectivity index (χ2n) is 9.63. The SMILES string of the molecule is Cc1c(C)c2c(c(C)c1OCc1ccccc1)CCC(C)(CC(=O)CS(=O)(=O)c1ccccc1)O2. The first-order valence-corrected chi connectivity index (χ1v) is 13.5. The zero-order chi connectivity index (χ0) is 25.2. The monoisotopic (exact) mass is 492 g/mol. The third kappa shape index (κ3) is 5.43.